The van der Waals surface area contributed by atoms with Gasteiger partial charge >= 0.3 is 0 Å². The van der Waals surface area contributed by atoms with Crippen LogP contribution in [-0.4, -0.2) is 22.3 Å². The highest BCUT2D eigenvalue weighted by molar-refractivity contribution is 5.78. The number of rotatable bonds is 6. The zero-order valence-corrected chi connectivity index (χ0v) is 13.6. The van der Waals surface area contributed by atoms with Crippen LogP contribution in [-0.2, 0) is 11.8 Å². The minimum absolute atomic E-state index is 0.0125. The topological polar surface area (TPSA) is 56.1 Å². The van der Waals surface area contributed by atoms with Gasteiger partial charge in [-0.1, -0.05) is 19.1 Å². The highest BCUT2D eigenvalue weighted by Crippen LogP contribution is 2.20. The van der Waals surface area contributed by atoms with Gasteiger partial charge in [-0.2, -0.15) is 5.10 Å². The number of amides is 1. The van der Waals surface area contributed by atoms with E-state index in [-0.39, 0.29) is 18.6 Å². The van der Waals surface area contributed by atoms with Gasteiger partial charge in [0.25, 0.3) is 5.91 Å². The number of benzene rings is 1. The Labute approximate surface area is 131 Å². The Kier molecular flexibility index (Phi) is 5.20. The Hall–Kier alpha value is -2.30. The molecule has 1 atom stereocenters. The third kappa shape index (κ3) is 3.67. The van der Waals surface area contributed by atoms with E-state index in [0.29, 0.717) is 0 Å². The molecule has 0 radical (unpaired) electrons. The number of hydrogen-bond acceptors (Lipinski definition) is 3. The van der Waals surface area contributed by atoms with Gasteiger partial charge in [-0.15, -0.1) is 0 Å². The van der Waals surface area contributed by atoms with E-state index in [1.165, 1.54) is 0 Å². The summed E-state index contributed by atoms with van der Waals surface area (Å²) in [6.07, 6.45) is 2.53. The first-order valence-corrected chi connectivity index (χ1v) is 7.49. The molecule has 5 nitrogen and oxygen atoms in total. The fourth-order valence-electron chi connectivity index (χ4n) is 2.37. The van der Waals surface area contributed by atoms with E-state index in [1.807, 2.05) is 52.1 Å². The molecule has 1 aromatic heterocycles. The summed E-state index contributed by atoms with van der Waals surface area (Å²) in [5, 5.41) is 7.13. The van der Waals surface area contributed by atoms with Gasteiger partial charge in [0.05, 0.1) is 11.7 Å². The second kappa shape index (κ2) is 7.11. The molecule has 5 heteroatoms. The van der Waals surface area contributed by atoms with Crippen LogP contribution >= 0.6 is 0 Å². The Morgan fingerprint density at radius 2 is 2.14 bits per heavy atom. The third-order valence-corrected chi connectivity index (χ3v) is 3.87. The number of nitrogens with one attached hydrogen (secondary N) is 1. The average molecular weight is 301 g/mol. The van der Waals surface area contributed by atoms with E-state index in [9.17, 15) is 4.79 Å². The predicted molar refractivity (Wildman–Crippen MR) is 85.8 cm³/mol. The predicted octanol–water partition coefficient (Wildman–Crippen LogP) is 2.68. The largest absolute Gasteiger partial charge is 0.483 e. The molecule has 1 N–H and O–H groups in total. The summed E-state index contributed by atoms with van der Waals surface area (Å²) in [5.74, 6) is 0.623. The van der Waals surface area contributed by atoms with Crippen molar-refractivity contribution in [2.24, 2.45) is 7.05 Å². The van der Waals surface area contributed by atoms with E-state index in [0.717, 1.165) is 29.0 Å². The van der Waals surface area contributed by atoms with Gasteiger partial charge in [0.1, 0.15) is 5.75 Å². The lowest BCUT2D eigenvalue weighted by Gasteiger charge is -2.18. The quantitative estimate of drug-likeness (QED) is 0.892. The molecule has 1 amide bonds. The lowest BCUT2D eigenvalue weighted by atomic mass is 10.1. The minimum Gasteiger partial charge on any atom is -0.483 e. The number of carbonyl (C=O) groups is 1. The Balaban J connectivity index is 1.95. The van der Waals surface area contributed by atoms with Crippen LogP contribution in [0.25, 0.3) is 0 Å². The standard InChI is InChI=1S/C17H23N3O2/c1-5-14(15-9-10-18-20(15)4)19-17(21)11-22-16-8-6-7-12(2)13(16)3/h6-10,14H,5,11H2,1-4H3,(H,19,21)/t14-/m0/s1. The zero-order valence-electron chi connectivity index (χ0n) is 13.6. The summed E-state index contributed by atoms with van der Waals surface area (Å²) >= 11 is 0. The monoisotopic (exact) mass is 301 g/mol. The molecule has 1 aromatic carbocycles. The normalized spacial score (nSPS) is 12.0. The van der Waals surface area contributed by atoms with E-state index in [1.54, 1.807) is 10.9 Å². The van der Waals surface area contributed by atoms with E-state index >= 15 is 0 Å². The van der Waals surface area contributed by atoms with Gasteiger partial charge in [-0.3, -0.25) is 9.48 Å². The summed E-state index contributed by atoms with van der Waals surface area (Å²) in [6.45, 7) is 6.06. The van der Waals surface area contributed by atoms with Crippen LogP contribution in [0.4, 0.5) is 0 Å². The number of aromatic nitrogens is 2. The third-order valence-electron chi connectivity index (χ3n) is 3.87. The number of aryl methyl sites for hydroxylation is 2. The molecule has 2 aromatic rings. The molecule has 0 fully saturated rings. The van der Waals surface area contributed by atoms with Gasteiger partial charge in [0, 0.05) is 13.2 Å². The average Bonchev–Trinajstić information content (AvgIpc) is 2.92. The minimum atomic E-state index is -0.131. The van der Waals surface area contributed by atoms with Crippen LogP contribution in [0.15, 0.2) is 30.5 Å². The summed E-state index contributed by atoms with van der Waals surface area (Å²) in [6, 6.07) is 7.70. The van der Waals surface area contributed by atoms with Crippen molar-refractivity contribution in [2.75, 3.05) is 6.61 Å². The smallest absolute Gasteiger partial charge is 0.258 e. The maximum Gasteiger partial charge on any atom is 0.258 e. The molecule has 0 bridgehead atoms. The van der Waals surface area contributed by atoms with Crippen molar-refractivity contribution < 1.29 is 9.53 Å². The van der Waals surface area contributed by atoms with Crippen molar-refractivity contribution in [1.29, 1.82) is 0 Å². The number of hydrogen-bond donors (Lipinski definition) is 1. The highest BCUT2D eigenvalue weighted by Gasteiger charge is 2.16. The van der Waals surface area contributed by atoms with Crippen LogP contribution in [0.1, 0.15) is 36.2 Å². The molecular formula is C17H23N3O2. The summed E-state index contributed by atoms with van der Waals surface area (Å²) in [7, 11) is 1.87. The molecule has 0 aliphatic heterocycles. The molecular weight excluding hydrogens is 278 g/mol. The van der Waals surface area contributed by atoms with Crippen molar-refractivity contribution in [3.05, 3.63) is 47.3 Å². The Bertz CT molecular complexity index is 649. The van der Waals surface area contributed by atoms with E-state index in [2.05, 4.69) is 10.4 Å². The number of carbonyl (C=O) groups excluding carboxylic acids is 1. The Morgan fingerprint density at radius 3 is 2.77 bits per heavy atom. The molecule has 22 heavy (non-hydrogen) atoms. The fraction of sp³-hybridized carbons (Fsp3) is 0.412. The molecule has 2 rings (SSSR count). The van der Waals surface area contributed by atoms with Crippen LogP contribution < -0.4 is 10.1 Å². The van der Waals surface area contributed by atoms with E-state index in [4.69, 9.17) is 4.74 Å². The molecule has 0 aliphatic carbocycles. The maximum absolute atomic E-state index is 12.1. The first-order valence-electron chi connectivity index (χ1n) is 7.49. The molecule has 118 valence electrons. The second-order valence-corrected chi connectivity index (χ2v) is 5.39. The number of ether oxygens (including phenoxy) is 1. The van der Waals surface area contributed by atoms with Gasteiger partial charge in [0.2, 0.25) is 0 Å². The van der Waals surface area contributed by atoms with Crippen molar-refractivity contribution in [2.45, 2.75) is 33.2 Å². The van der Waals surface area contributed by atoms with Crippen LogP contribution in [0, 0.1) is 13.8 Å². The second-order valence-electron chi connectivity index (χ2n) is 5.39. The maximum atomic E-state index is 12.1. The van der Waals surface area contributed by atoms with E-state index < -0.39 is 0 Å². The van der Waals surface area contributed by atoms with Crippen molar-refractivity contribution >= 4 is 5.91 Å². The van der Waals surface area contributed by atoms with Crippen molar-refractivity contribution in [3.8, 4) is 5.75 Å². The number of nitrogens with zero attached hydrogens (tertiary/aromatic N) is 2. The van der Waals surface area contributed by atoms with Gasteiger partial charge < -0.3 is 10.1 Å². The fourth-order valence-corrected chi connectivity index (χ4v) is 2.37. The van der Waals surface area contributed by atoms with Crippen molar-refractivity contribution in [3.63, 3.8) is 0 Å². The molecule has 0 saturated heterocycles. The lowest BCUT2D eigenvalue weighted by Crippen LogP contribution is -2.33. The lowest BCUT2D eigenvalue weighted by molar-refractivity contribution is -0.123. The highest BCUT2D eigenvalue weighted by atomic mass is 16.5. The summed E-state index contributed by atoms with van der Waals surface area (Å²) in [4.78, 5) is 12.1. The van der Waals surface area contributed by atoms with Crippen LogP contribution in [0.5, 0.6) is 5.75 Å². The summed E-state index contributed by atoms with van der Waals surface area (Å²) in [5.41, 5.74) is 3.20. The van der Waals surface area contributed by atoms with Crippen LogP contribution in [0.2, 0.25) is 0 Å². The molecule has 0 aliphatic rings. The molecule has 1 heterocycles. The first kappa shape index (κ1) is 16.1. The SMILES string of the molecule is CC[C@H](NC(=O)COc1cccc(C)c1C)c1ccnn1C. The molecule has 0 unspecified atom stereocenters. The summed E-state index contributed by atoms with van der Waals surface area (Å²) < 4.78 is 7.42. The van der Waals surface area contributed by atoms with Crippen LogP contribution in [0.3, 0.4) is 0 Å². The molecule has 0 saturated carbocycles. The zero-order chi connectivity index (χ0) is 16.1. The first-order chi connectivity index (χ1) is 10.5. The van der Waals surface area contributed by atoms with Gasteiger partial charge in [-0.25, -0.2) is 0 Å². The van der Waals surface area contributed by atoms with Gasteiger partial charge in [-0.05, 0) is 43.5 Å². The van der Waals surface area contributed by atoms with Gasteiger partial charge in [0.15, 0.2) is 6.61 Å². The Morgan fingerprint density at radius 1 is 1.36 bits per heavy atom. The molecule has 0 spiro atoms. The van der Waals surface area contributed by atoms with Crippen molar-refractivity contribution in [1.82, 2.24) is 15.1 Å².